The molecule has 5 heteroatoms. The Morgan fingerprint density at radius 3 is 1.88 bits per heavy atom. The van der Waals surface area contributed by atoms with Gasteiger partial charge in [-0.15, -0.1) is 0 Å². The van der Waals surface area contributed by atoms with Crippen molar-refractivity contribution >= 4 is 10.1 Å². The van der Waals surface area contributed by atoms with Gasteiger partial charge in [-0.1, -0.05) is 45.6 Å². The highest BCUT2D eigenvalue weighted by atomic mass is 32.2. The molecule has 0 aliphatic rings. The Balaban J connectivity index is 2.58. The van der Waals surface area contributed by atoms with Crippen molar-refractivity contribution in [2.45, 2.75) is 78.1 Å². The summed E-state index contributed by atoms with van der Waals surface area (Å²) < 4.78 is 36.0. The van der Waals surface area contributed by atoms with Crippen LogP contribution in [0.2, 0.25) is 0 Å². The molecule has 0 fully saturated rings. The van der Waals surface area contributed by atoms with E-state index in [1.54, 1.807) is 0 Å². The minimum Gasteiger partial charge on any atom is -0.494 e. The number of benzene rings is 1. The molecule has 0 bridgehead atoms. The number of rotatable bonds is 14. The molecule has 0 amide bonds. The highest BCUT2D eigenvalue weighted by molar-refractivity contribution is 7.85. The van der Waals surface area contributed by atoms with Crippen LogP contribution < -0.4 is 4.74 Å². The Kier molecular flexibility index (Phi) is 10.8. The van der Waals surface area contributed by atoms with Crippen LogP contribution in [0.25, 0.3) is 0 Å². The van der Waals surface area contributed by atoms with E-state index in [0.29, 0.717) is 19.4 Å². The first-order valence-electron chi connectivity index (χ1n) is 9.65. The first kappa shape index (κ1) is 22.0. The SMILES string of the molecule is CCCCCc1cc(CCCCC)cc(OCCCCS(=O)(=O)O)c1. The van der Waals surface area contributed by atoms with Crippen molar-refractivity contribution in [2.75, 3.05) is 12.4 Å². The average molecular weight is 371 g/mol. The zero-order valence-electron chi connectivity index (χ0n) is 15.8. The van der Waals surface area contributed by atoms with Crippen LogP contribution in [-0.2, 0) is 23.0 Å². The van der Waals surface area contributed by atoms with E-state index in [4.69, 9.17) is 9.29 Å². The summed E-state index contributed by atoms with van der Waals surface area (Å²) in [5.41, 5.74) is 2.66. The van der Waals surface area contributed by atoms with Crippen LogP contribution in [0.3, 0.4) is 0 Å². The van der Waals surface area contributed by atoms with Gasteiger partial charge in [0.1, 0.15) is 5.75 Å². The molecule has 144 valence electrons. The summed E-state index contributed by atoms with van der Waals surface area (Å²) in [6.07, 6.45) is 10.5. The van der Waals surface area contributed by atoms with Gasteiger partial charge in [0, 0.05) is 0 Å². The zero-order chi connectivity index (χ0) is 18.5. The fourth-order valence-electron chi connectivity index (χ4n) is 2.84. The lowest BCUT2D eigenvalue weighted by Crippen LogP contribution is -2.06. The second-order valence-electron chi connectivity index (χ2n) is 6.74. The molecule has 0 aliphatic heterocycles. The van der Waals surface area contributed by atoms with Crippen molar-refractivity contribution in [3.63, 3.8) is 0 Å². The maximum Gasteiger partial charge on any atom is 0.264 e. The third kappa shape index (κ3) is 11.2. The summed E-state index contributed by atoms with van der Waals surface area (Å²) in [6.45, 7) is 4.90. The normalized spacial score (nSPS) is 11.6. The van der Waals surface area contributed by atoms with Gasteiger partial charge in [-0.3, -0.25) is 4.55 Å². The fourth-order valence-corrected chi connectivity index (χ4v) is 3.40. The molecule has 1 N–H and O–H groups in total. The molecule has 0 aromatic heterocycles. The van der Waals surface area contributed by atoms with Crippen molar-refractivity contribution < 1.29 is 17.7 Å². The van der Waals surface area contributed by atoms with E-state index in [1.807, 2.05) is 0 Å². The molecule has 0 spiro atoms. The van der Waals surface area contributed by atoms with Gasteiger partial charge in [-0.2, -0.15) is 8.42 Å². The summed E-state index contributed by atoms with van der Waals surface area (Å²) >= 11 is 0. The van der Waals surface area contributed by atoms with Crippen molar-refractivity contribution in [3.8, 4) is 5.75 Å². The molecule has 4 nitrogen and oxygen atoms in total. The van der Waals surface area contributed by atoms with Crippen LogP contribution in [-0.4, -0.2) is 25.3 Å². The monoisotopic (exact) mass is 370 g/mol. The number of unbranched alkanes of at least 4 members (excludes halogenated alkanes) is 5. The number of hydrogen-bond acceptors (Lipinski definition) is 3. The molecule has 0 saturated heterocycles. The maximum absolute atomic E-state index is 10.7. The van der Waals surface area contributed by atoms with Crippen molar-refractivity contribution in [1.29, 1.82) is 0 Å². The van der Waals surface area contributed by atoms with Gasteiger partial charge < -0.3 is 4.74 Å². The van der Waals surface area contributed by atoms with Gasteiger partial charge in [-0.25, -0.2) is 0 Å². The van der Waals surface area contributed by atoms with E-state index < -0.39 is 10.1 Å². The molecule has 1 aromatic carbocycles. The van der Waals surface area contributed by atoms with Gasteiger partial charge in [0.05, 0.1) is 12.4 Å². The topological polar surface area (TPSA) is 63.6 Å². The van der Waals surface area contributed by atoms with Crippen LogP contribution >= 0.6 is 0 Å². The van der Waals surface area contributed by atoms with Gasteiger partial charge in [0.2, 0.25) is 0 Å². The molecule has 0 unspecified atom stereocenters. The third-order valence-electron chi connectivity index (χ3n) is 4.23. The van der Waals surface area contributed by atoms with Crippen LogP contribution in [0.1, 0.15) is 76.3 Å². The lowest BCUT2D eigenvalue weighted by atomic mass is 10.0. The van der Waals surface area contributed by atoms with E-state index >= 15 is 0 Å². The number of hydrogen-bond donors (Lipinski definition) is 1. The summed E-state index contributed by atoms with van der Waals surface area (Å²) in [4.78, 5) is 0. The standard InChI is InChI=1S/C20H34O4S/c1-3-5-7-11-18-15-19(12-8-6-4-2)17-20(16-18)24-13-9-10-14-25(21,22)23/h15-17H,3-14H2,1-2H3,(H,21,22,23). The second-order valence-corrected chi connectivity index (χ2v) is 8.31. The quantitative estimate of drug-likeness (QED) is 0.361. The molecule has 25 heavy (non-hydrogen) atoms. The van der Waals surface area contributed by atoms with Crippen LogP contribution in [0.4, 0.5) is 0 Å². The summed E-state index contributed by atoms with van der Waals surface area (Å²) in [6, 6.07) is 6.53. The molecule has 0 saturated carbocycles. The molecule has 0 aliphatic carbocycles. The number of ether oxygens (including phenoxy) is 1. The molecule has 0 radical (unpaired) electrons. The molecule has 1 aromatic rings. The lowest BCUT2D eigenvalue weighted by molar-refractivity contribution is 0.308. The van der Waals surface area contributed by atoms with Crippen LogP contribution in [0, 0.1) is 0 Å². The smallest absolute Gasteiger partial charge is 0.264 e. The molecular weight excluding hydrogens is 336 g/mol. The minimum atomic E-state index is -3.86. The Labute approximate surface area is 153 Å². The average Bonchev–Trinajstić information content (AvgIpc) is 2.54. The van der Waals surface area contributed by atoms with Gasteiger partial charge in [-0.05, 0) is 61.8 Å². The first-order chi connectivity index (χ1) is 11.9. The summed E-state index contributed by atoms with van der Waals surface area (Å²) in [7, 11) is -3.86. The van der Waals surface area contributed by atoms with E-state index in [-0.39, 0.29) is 5.75 Å². The Hall–Kier alpha value is -1.07. The third-order valence-corrected chi connectivity index (χ3v) is 5.03. The summed E-state index contributed by atoms with van der Waals surface area (Å²) in [5, 5.41) is 0. The lowest BCUT2D eigenvalue weighted by Gasteiger charge is -2.12. The molecule has 1 rings (SSSR count). The zero-order valence-corrected chi connectivity index (χ0v) is 16.6. The molecule has 0 atom stereocenters. The highest BCUT2D eigenvalue weighted by Gasteiger charge is 2.05. The largest absolute Gasteiger partial charge is 0.494 e. The number of aryl methyl sites for hydroxylation is 2. The Morgan fingerprint density at radius 1 is 0.840 bits per heavy atom. The van der Waals surface area contributed by atoms with E-state index in [1.165, 1.54) is 49.7 Å². The van der Waals surface area contributed by atoms with Crippen molar-refractivity contribution in [3.05, 3.63) is 29.3 Å². The Bertz CT molecular complexity index is 553. The van der Waals surface area contributed by atoms with Crippen LogP contribution in [0.15, 0.2) is 18.2 Å². The predicted octanol–water partition coefficient (Wildman–Crippen LogP) is 5.20. The van der Waals surface area contributed by atoms with E-state index in [0.717, 1.165) is 18.6 Å². The predicted molar refractivity (Wildman–Crippen MR) is 104 cm³/mol. The fraction of sp³-hybridized carbons (Fsp3) is 0.700. The molecular formula is C20H34O4S. The van der Waals surface area contributed by atoms with E-state index in [2.05, 4.69) is 32.0 Å². The molecule has 0 heterocycles. The van der Waals surface area contributed by atoms with Crippen LogP contribution in [0.5, 0.6) is 5.75 Å². The second kappa shape index (κ2) is 12.3. The van der Waals surface area contributed by atoms with Crippen molar-refractivity contribution in [2.24, 2.45) is 0 Å². The van der Waals surface area contributed by atoms with Gasteiger partial charge >= 0.3 is 0 Å². The van der Waals surface area contributed by atoms with Crippen molar-refractivity contribution in [1.82, 2.24) is 0 Å². The highest BCUT2D eigenvalue weighted by Crippen LogP contribution is 2.21. The maximum atomic E-state index is 10.7. The van der Waals surface area contributed by atoms with Gasteiger partial charge in [0.15, 0.2) is 0 Å². The minimum absolute atomic E-state index is 0.199. The van der Waals surface area contributed by atoms with Gasteiger partial charge in [0.25, 0.3) is 10.1 Å². The van der Waals surface area contributed by atoms with E-state index in [9.17, 15) is 8.42 Å². The Morgan fingerprint density at radius 2 is 1.40 bits per heavy atom. The summed E-state index contributed by atoms with van der Waals surface area (Å²) in [5.74, 6) is 0.683. The first-order valence-corrected chi connectivity index (χ1v) is 11.3.